The van der Waals surface area contributed by atoms with Crippen molar-refractivity contribution in [2.75, 3.05) is 11.9 Å². The van der Waals surface area contributed by atoms with E-state index in [0.717, 1.165) is 10.2 Å². The van der Waals surface area contributed by atoms with Crippen LogP contribution >= 0.6 is 11.3 Å². The van der Waals surface area contributed by atoms with E-state index in [1.807, 2.05) is 29.6 Å². The maximum Gasteiger partial charge on any atom is 0.216 e. The minimum Gasteiger partial charge on any atom is -0.368 e. The molecule has 1 fully saturated rings. The van der Waals surface area contributed by atoms with Gasteiger partial charge in [0.1, 0.15) is 21.1 Å². The summed E-state index contributed by atoms with van der Waals surface area (Å²) in [7, 11) is -3.58. The van der Waals surface area contributed by atoms with Gasteiger partial charge in [0.2, 0.25) is 10.0 Å². The van der Waals surface area contributed by atoms with Crippen LogP contribution in [0.3, 0.4) is 0 Å². The molecule has 0 bridgehead atoms. The van der Waals surface area contributed by atoms with Crippen molar-refractivity contribution in [3.05, 3.63) is 35.8 Å². The van der Waals surface area contributed by atoms with Gasteiger partial charge in [-0.05, 0) is 36.4 Å². The summed E-state index contributed by atoms with van der Waals surface area (Å²) in [6.07, 6.45) is 2.83. The van der Waals surface area contributed by atoms with Crippen LogP contribution in [0.15, 0.2) is 35.8 Å². The molecule has 124 valence electrons. The van der Waals surface area contributed by atoms with Crippen LogP contribution in [0.25, 0.3) is 21.7 Å². The van der Waals surface area contributed by atoms with Crippen molar-refractivity contribution in [2.24, 2.45) is 5.14 Å². The molecule has 1 aliphatic rings. The third-order valence-corrected chi connectivity index (χ3v) is 6.77. The van der Waals surface area contributed by atoms with Crippen LogP contribution in [0.5, 0.6) is 0 Å². The van der Waals surface area contributed by atoms with Crippen molar-refractivity contribution in [1.29, 1.82) is 0 Å². The predicted octanol–water partition coefficient (Wildman–Crippen LogP) is 1.99. The Hall–Kier alpha value is -2.10. The topological polar surface area (TPSA) is 111 Å². The average molecular weight is 361 g/mol. The first-order chi connectivity index (χ1) is 11.5. The van der Waals surface area contributed by atoms with Gasteiger partial charge in [-0.1, -0.05) is 6.07 Å². The Morgan fingerprint density at radius 3 is 2.75 bits per heavy atom. The summed E-state index contributed by atoms with van der Waals surface area (Å²) >= 11 is 1.50. The van der Waals surface area contributed by atoms with Crippen LogP contribution in [0.4, 0.5) is 5.82 Å². The van der Waals surface area contributed by atoms with Crippen LogP contribution in [0.2, 0.25) is 0 Å². The molecule has 0 radical (unpaired) electrons. The van der Waals surface area contributed by atoms with Gasteiger partial charge in [0, 0.05) is 12.7 Å². The highest BCUT2D eigenvalue weighted by molar-refractivity contribution is 7.90. The normalized spacial score (nSPS) is 16.2. The molecule has 1 saturated carbocycles. The van der Waals surface area contributed by atoms with Gasteiger partial charge < -0.3 is 5.32 Å². The second kappa shape index (κ2) is 5.47. The fraction of sp³-hybridized carbons (Fsp3) is 0.267. The van der Waals surface area contributed by atoms with Gasteiger partial charge in [-0.3, -0.25) is 4.98 Å². The molecule has 0 amide bonds. The fourth-order valence-corrected chi connectivity index (χ4v) is 4.25. The molecule has 0 saturated heterocycles. The first-order valence-corrected chi connectivity index (χ1v) is 9.84. The molecule has 0 unspecified atom stereocenters. The van der Waals surface area contributed by atoms with Gasteiger partial charge in [-0.15, -0.1) is 11.3 Å². The molecule has 1 aliphatic carbocycles. The minimum atomic E-state index is -3.58. The smallest absolute Gasteiger partial charge is 0.216 e. The number of fused-ring (bicyclic) bond motifs is 1. The minimum absolute atomic E-state index is 0.245. The molecule has 0 aromatic carbocycles. The molecule has 3 aromatic heterocycles. The first kappa shape index (κ1) is 15.4. The maximum absolute atomic E-state index is 11.7. The predicted molar refractivity (Wildman–Crippen MR) is 94.2 cm³/mol. The van der Waals surface area contributed by atoms with Crippen molar-refractivity contribution >= 4 is 37.4 Å². The van der Waals surface area contributed by atoms with E-state index in [2.05, 4.69) is 20.3 Å². The Labute approximate surface area is 143 Å². The van der Waals surface area contributed by atoms with Crippen LogP contribution in [0.1, 0.15) is 12.8 Å². The molecule has 24 heavy (non-hydrogen) atoms. The zero-order chi connectivity index (χ0) is 16.8. The van der Waals surface area contributed by atoms with Gasteiger partial charge in [0.15, 0.2) is 5.82 Å². The van der Waals surface area contributed by atoms with Gasteiger partial charge in [0.25, 0.3) is 0 Å². The van der Waals surface area contributed by atoms with E-state index in [1.165, 1.54) is 11.3 Å². The lowest BCUT2D eigenvalue weighted by atomic mass is 10.3. The zero-order valence-corrected chi connectivity index (χ0v) is 14.3. The lowest BCUT2D eigenvalue weighted by Gasteiger charge is -2.15. The second-order valence-electron chi connectivity index (χ2n) is 5.83. The first-order valence-electron chi connectivity index (χ1n) is 7.41. The maximum atomic E-state index is 11.7. The number of thiophene rings is 1. The molecule has 9 heteroatoms. The van der Waals surface area contributed by atoms with Crippen LogP contribution in [-0.4, -0.2) is 34.7 Å². The lowest BCUT2D eigenvalue weighted by molar-refractivity contribution is 0.581. The molecule has 4 rings (SSSR count). The average Bonchev–Trinajstić information content (AvgIpc) is 3.23. The number of hydrogen-bond acceptors (Lipinski definition) is 7. The Balaban J connectivity index is 1.71. The summed E-state index contributed by atoms with van der Waals surface area (Å²) in [6, 6.07) is 7.46. The zero-order valence-electron chi connectivity index (χ0n) is 12.6. The highest BCUT2D eigenvalue weighted by Crippen LogP contribution is 2.42. The molecule has 3 heterocycles. The van der Waals surface area contributed by atoms with E-state index in [0.29, 0.717) is 30.2 Å². The van der Waals surface area contributed by atoms with Crippen molar-refractivity contribution in [2.45, 2.75) is 17.6 Å². The monoisotopic (exact) mass is 361 g/mol. The van der Waals surface area contributed by atoms with E-state index in [9.17, 15) is 8.42 Å². The Morgan fingerprint density at radius 1 is 1.25 bits per heavy atom. The number of aromatic nitrogens is 3. The highest BCUT2D eigenvalue weighted by Gasteiger charge is 2.52. The summed E-state index contributed by atoms with van der Waals surface area (Å²) in [5, 5.41) is 11.3. The van der Waals surface area contributed by atoms with Crippen LogP contribution in [0, 0.1) is 0 Å². The third kappa shape index (κ3) is 2.64. The van der Waals surface area contributed by atoms with Gasteiger partial charge in [-0.25, -0.2) is 23.5 Å². The number of nitrogens with one attached hydrogen (secondary N) is 1. The number of primary sulfonamides is 1. The third-order valence-electron chi connectivity index (χ3n) is 4.21. The number of nitrogens with zero attached hydrogens (tertiary/aromatic N) is 3. The molecule has 7 nitrogen and oxygen atoms in total. The number of nitrogens with two attached hydrogens (primary N) is 1. The lowest BCUT2D eigenvalue weighted by Crippen LogP contribution is -2.36. The molecular formula is C15H15N5O2S2. The van der Waals surface area contributed by atoms with E-state index >= 15 is 0 Å². The van der Waals surface area contributed by atoms with Gasteiger partial charge in [-0.2, -0.15) is 0 Å². The largest absolute Gasteiger partial charge is 0.368 e. The van der Waals surface area contributed by atoms with Gasteiger partial charge >= 0.3 is 0 Å². The molecule has 0 atom stereocenters. The van der Waals surface area contributed by atoms with E-state index < -0.39 is 14.8 Å². The Morgan fingerprint density at radius 2 is 2.08 bits per heavy atom. The number of pyridine rings is 1. The van der Waals surface area contributed by atoms with Gasteiger partial charge in [0.05, 0.1) is 5.39 Å². The number of sulfonamides is 1. The summed E-state index contributed by atoms with van der Waals surface area (Å²) in [4.78, 5) is 14.2. The Bertz CT molecular complexity index is 997. The summed E-state index contributed by atoms with van der Waals surface area (Å²) in [5.74, 6) is 1.12. The summed E-state index contributed by atoms with van der Waals surface area (Å²) in [5.41, 5.74) is 0.670. The standard InChI is InChI=1S/C15H15N5O2S2/c16-24(21,22)15(5-6-15)9-18-12-10-4-8-23-14(10)20-13(19-12)11-3-1-2-7-17-11/h1-4,7-8H,5-6,9H2,(H2,16,21,22)(H,18,19,20). The molecule has 0 aliphatic heterocycles. The Kier molecular flexibility index (Phi) is 3.52. The number of hydrogen-bond donors (Lipinski definition) is 2. The van der Waals surface area contributed by atoms with Crippen molar-refractivity contribution in [1.82, 2.24) is 15.0 Å². The highest BCUT2D eigenvalue weighted by atomic mass is 32.2. The van der Waals surface area contributed by atoms with Crippen LogP contribution < -0.4 is 10.5 Å². The quantitative estimate of drug-likeness (QED) is 0.719. The van der Waals surface area contributed by atoms with Crippen molar-refractivity contribution in [3.63, 3.8) is 0 Å². The number of rotatable bonds is 5. The molecular weight excluding hydrogens is 346 g/mol. The van der Waals surface area contributed by atoms with E-state index in [4.69, 9.17) is 5.14 Å². The van der Waals surface area contributed by atoms with Crippen molar-refractivity contribution in [3.8, 4) is 11.5 Å². The van der Waals surface area contributed by atoms with E-state index in [1.54, 1.807) is 6.20 Å². The summed E-state index contributed by atoms with van der Waals surface area (Å²) in [6.45, 7) is 0.245. The molecule has 0 spiro atoms. The van der Waals surface area contributed by atoms with Crippen LogP contribution in [-0.2, 0) is 10.0 Å². The summed E-state index contributed by atoms with van der Waals surface area (Å²) < 4.78 is 22.6. The molecule has 3 aromatic rings. The second-order valence-corrected chi connectivity index (χ2v) is 8.68. The van der Waals surface area contributed by atoms with E-state index in [-0.39, 0.29) is 6.54 Å². The van der Waals surface area contributed by atoms with Crippen molar-refractivity contribution < 1.29 is 8.42 Å². The fourth-order valence-electron chi connectivity index (χ4n) is 2.55. The number of anilines is 1. The SMILES string of the molecule is NS(=O)(=O)C1(CNc2nc(-c3ccccn3)nc3sccc23)CC1. The molecule has 3 N–H and O–H groups in total.